The molecule has 27 heavy (non-hydrogen) atoms. The van der Waals surface area contributed by atoms with E-state index in [-0.39, 0.29) is 6.09 Å². The molecule has 3 rings (SSSR count). The molecular weight excluding hydrogens is 340 g/mol. The number of amides is 1. The number of hydrogen-bond donors (Lipinski definition) is 0. The van der Waals surface area contributed by atoms with Crippen molar-refractivity contribution in [2.24, 2.45) is 11.8 Å². The topological polar surface area (TPSA) is 42.0 Å². The number of piperidine rings is 2. The van der Waals surface area contributed by atoms with Gasteiger partial charge >= 0.3 is 6.09 Å². The van der Waals surface area contributed by atoms with Crippen LogP contribution in [0.4, 0.5) is 10.5 Å². The highest BCUT2D eigenvalue weighted by atomic mass is 16.6. The van der Waals surface area contributed by atoms with Crippen LogP contribution in [-0.2, 0) is 4.74 Å². The lowest BCUT2D eigenvalue weighted by molar-refractivity contribution is 0.0152. The van der Waals surface area contributed by atoms with Crippen LogP contribution in [0.2, 0.25) is 0 Å². The Hall–Kier alpha value is -1.91. The number of methoxy groups -OCH3 is 1. The van der Waals surface area contributed by atoms with E-state index in [1.165, 1.54) is 18.5 Å². The Kier molecular flexibility index (Phi) is 6.18. The summed E-state index contributed by atoms with van der Waals surface area (Å²) >= 11 is 0. The summed E-state index contributed by atoms with van der Waals surface area (Å²) in [5.41, 5.74) is 0.872. The molecule has 0 aromatic heterocycles. The minimum Gasteiger partial charge on any atom is -0.497 e. The Morgan fingerprint density at radius 1 is 0.926 bits per heavy atom. The van der Waals surface area contributed by atoms with Crippen molar-refractivity contribution in [2.75, 3.05) is 38.2 Å². The molecule has 2 fully saturated rings. The highest BCUT2D eigenvalue weighted by Gasteiger charge is 2.32. The molecule has 0 saturated carbocycles. The molecule has 0 radical (unpaired) electrons. The number of benzene rings is 1. The lowest BCUT2D eigenvalue weighted by Crippen LogP contribution is -2.44. The summed E-state index contributed by atoms with van der Waals surface area (Å²) in [6, 6.07) is 8.37. The maximum absolute atomic E-state index is 12.2. The minimum absolute atomic E-state index is 0.157. The first kappa shape index (κ1) is 19.8. The molecule has 0 unspecified atom stereocenters. The third kappa shape index (κ3) is 5.30. The van der Waals surface area contributed by atoms with Crippen LogP contribution in [-0.4, -0.2) is 49.9 Å². The summed E-state index contributed by atoms with van der Waals surface area (Å²) in [6.45, 7) is 9.67. The van der Waals surface area contributed by atoms with Gasteiger partial charge in [-0.3, -0.25) is 0 Å². The fraction of sp³-hybridized carbons (Fsp3) is 0.682. The molecule has 5 nitrogen and oxygen atoms in total. The SMILES string of the molecule is COc1ccc(N2CCC(C3CCN(C(=O)OC(C)(C)C)CC3)CC2)cc1. The van der Waals surface area contributed by atoms with Crippen LogP contribution in [0.15, 0.2) is 24.3 Å². The van der Waals surface area contributed by atoms with E-state index in [0.29, 0.717) is 0 Å². The van der Waals surface area contributed by atoms with E-state index in [4.69, 9.17) is 9.47 Å². The normalized spacial score (nSPS) is 19.9. The molecule has 1 aromatic rings. The number of hydrogen-bond acceptors (Lipinski definition) is 4. The molecule has 0 bridgehead atoms. The van der Waals surface area contributed by atoms with Crippen LogP contribution < -0.4 is 9.64 Å². The molecule has 0 spiro atoms. The van der Waals surface area contributed by atoms with E-state index in [0.717, 1.165) is 56.6 Å². The average Bonchev–Trinajstić information content (AvgIpc) is 2.67. The van der Waals surface area contributed by atoms with Crippen molar-refractivity contribution in [3.63, 3.8) is 0 Å². The van der Waals surface area contributed by atoms with Crippen molar-refractivity contribution in [3.8, 4) is 5.75 Å². The average molecular weight is 375 g/mol. The van der Waals surface area contributed by atoms with Crippen LogP contribution in [0.5, 0.6) is 5.75 Å². The van der Waals surface area contributed by atoms with Gasteiger partial charge in [-0.1, -0.05) is 0 Å². The summed E-state index contributed by atoms with van der Waals surface area (Å²) in [4.78, 5) is 16.6. The molecule has 5 heteroatoms. The van der Waals surface area contributed by atoms with Crippen LogP contribution in [0.1, 0.15) is 46.5 Å². The van der Waals surface area contributed by atoms with Gasteiger partial charge < -0.3 is 19.3 Å². The molecule has 0 N–H and O–H groups in total. The zero-order chi connectivity index (χ0) is 19.4. The van der Waals surface area contributed by atoms with E-state index in [1.54, 1.807) is 7.11 Å². The predicted octanol–water partition coefficient (Wildman–Crippen LogP) is 4.56. The number of carbonyl (C=O) groups excluding carboxylic acids is 1. The summed E-state index contributed by atoms with van der Waals surface area (Å²) < 4.78 is 10.8. The molecule has 2 aliphatic rings. The smallest absolute Gasteiger partial charge is 0.410 e. The molecule has 2 saturated heterocycles. The van der Waals surface area contributed by atoms with E-state index < -0.39 is 5.60 Å². The van der Waals surface area contributed by atoms with Crippen molar-refractivity contribution in [3.05, 3.63) is 24.3 Å². The third-order valence-electron chi connectivity index (χ3n) is 5.84. The highest BCUT2D eigenvalue weighted by Crippen LogP contribution is 2.34. The predicted molar refractivity (Wildman–Crippen MR) is 108 cm³/mol. The monoisotopic (exact) mass is 374 g/mol. The molecule has 150 valence electrons. The van der Waals surface area contributed by atoms with Crippen molar-refractivity contribution in [2.45, 2.75) is 52.1 Å². The minimum atomic E-state index is -0.414. The third-order valence-corrected chi connectivity index (χ3v) is 5.84. The van der Waals surface area contributed by atoms with E-state index in [1.807, 2.05) is 37.8 Å². The number of anilines is 1. The molecular formula is C22H34N2O3. The van der Waals surface area contributed by atoms with Gasteiger partial charge in [-0.25, -0.2) is 4.79 Å². The lowest BCUT2D eigenvalue weighted by atomic mass is 9.79. The first-order chi connectivity index (χ1) is 12.9. The fourth-order valence-corrected chi connectivity index (χ4v) is 4.30. The Bertz CT molecular complexity index is 607. The van der Waals surface area contributed by atoms with E-state index >= 15 is 0 Å². The van der Waals surface area contributed by atoms with Gasteiger partial charge in [0.2, 0.25) is 0 Å². The second-order valence-electron chi connectivity index (χ2n) is 8.83. The quantitative estimate of drug-likeness (QED) is 0.778. The molecule has 2 aliphatic heterocycles. The van der Waals surface area contributed by atoms with Gasteiger partial charge in [0.15, 0.2) is 0 Å². The number of rotatable bonds is 3. The van der Waals surface area contributed by atoms with E-state index in [2.05, 4.69) is 17.0 Å². The number of likely N-dealkylation sites (tertiary alicyclic amines) is 1. The van der Waals surface area contributed by atoms with Gasteiger partial charge in [0, 0.05) is 31.9 Å². The van der Waals surface area contributed by atoms with Gasteiger partial charge in [-0.05, 0) is 82.6 Å². The first-order valence-electron chi connectivity index (χ1n) is 10.2. The number of carbonyl (C=O) groups is 1. The van der Waals surface area contributed by atoms with Gasteiger partial charge in [0.1, 0.15) is 11.4 Å². The van der Waals surface area contributed by atoms with Crippen LogP contribution in [0.25, 0.3) is 0 Å². The molecule has 2 heterocycles. The Morgan fingerprint density at radius 2 is 1.44 bits per heavy atom. The Labute approximate surface area is 163 Å². The van der Waals surface area contributed by atoms with Gasteiger partial charge in [-0.15, -0.1) is 0 Å². The van der Waals surface area contributed by atoms with Crippen molar-refractivity contribution < 1.29 is 14.3 Å². The summed E-state index contributed by atoms with van der Waals surface area (Å²) in [5.74, 6) is 2.42. The van der Waals surface area contributed by atoms with Gasteiger partial charge in [0.05, 0.1) is 7.11 Å². The zero-order valence-electron chi connectivity index (χ0n) is 17.2. The molecule has 1 aromatic carbocycles. The molecule has 0 aliphatic carbocycles. The summed E-state index contributed by atoms with van der Waals surface area (Å²) in [6.07, 6.45) is 4.53. The summed E-state index contributed by atoms with van der Waals surface area (Å²) in [7, 11) is 1.70. The fourth-order valence-electron chi connectivity index (χ4n) is 4.30. The molecule has 1 amide bonds. The second kappa shape index (κ2) is 8.41. The van der Waals surface area contributed by atoms with Crippen LogP contribution in [0.3, 0.4) is 0 Å². The maximum Gasteiger partial charge on any atom is 0.410 e. The van der Waals surface area contributed by atoms with Gasteiger partial charge in [0.25, 0.3) is 0 Å². The van der Waals surface area contributed by atoms with E-state index in [9.17, 15) is 4.79 Å². The Balaban J connectivity index is 1.44. The largest absolute Gasteiger partial charge is 0.497 e. The van der Waals surface area contributed by atoms with Crippen LogP contribution in [0, 0.1) is 11.8 Å². The molecule has 0 atom stereocenters. The number of ether oxygens (including phenoxy) is 2. The highest BCUT2D eigenvalue weighted by molar-refractivity contribution is 5.68. The second-order valence-corrected chi connectivity index (χ2v) is 8.83. The maximum atomic E-state index is 12.2. The van der Waals surface area contributed by atoms with Crippen LogP contribution >= 0.6 is 0 Å². The van der Waals surface area contributed by atoms with Crippen molar-refractivity contribution >= 4 is 11.8 Å². The first-order valence-corrected chi connectivity index (χ1v) is 10.2. The number of nitrogens with zero attached hydrogens (tertiary/aromatic N) is 2. The van der Waals surface area contributed by atoms with Gasteiger partial charge in [-0.2, -0.15) is 0 Å². The zero-order valence-corrected chi connectivity index (χ0v) is 17.2. The standard InChI is InChI=1S/C22H34N2O3/c1-22(2,3)27-21(25)24-15-11-18(12-16-24)17-9-13-23(14-10-17)19-5-7-20(26-4)8-6-19/h5-8,17-18H,9-16H2,1-4H3. The lowest BCUT2D eigenvalue weighted by Gasteiger charge is -2.41. The Morgan fingerprint density at radius 3 is 1.93 bits per heavy atom. The van der Waals surface area contributed by atoms with Crippen molar-refractivity contribution in [1.29, 1.82) is 0 Å². The van der Waals surface area contributed by atoms with Crippen molar-refractivity contribution in [1.82, 2.24) is 4.90 Å². The summed E-state index contributed by atoms with van der Waals surface area (Å²) in [5, 5.41) is 0.